The van der Waals surface area contributed by atoms with E-state index in [1.165, 1.54) is 11.4 Å². The van der Waals surface area contributed by atoms with Crippen molar-refractivity contribution in [3.63, 3.8) is 0 Å². The number of sulfonamides is 1. The third-order valence-electron chi connectivity index (χ3n) is 5.29. The smallest absolute Gasteiger partial charge is 0.306 e. The van der Waals surface area contributed by atoms with E-state index in [4.69, 9.17) is 0 Å². The van der Waals surface area contributed by atoms with Crippen LogP contribution in [-0.2, 0) is 24.3 Å². The quantitative estimate of drug-likeness (QED) is 0.547. The molecule has 9 heteroatoms. The molecule has 1 aromatic rings. The molecule has 1 aromatic carbocycles. The zero-order valence-corrected chi connectivity index (χ0v) is 19.8. The van der Waals surface area contributed by atoms with Crippen molar-refractivity contribution in [2.24, 2.45) is 5.92 Å². The van der Waals surface area contributed by atoms with Gasteiger partial charge in [-0.15, -0.1) is 0 Å². The molecule has 1 saturated heterocycles. The topological polar surface area (TPSA) is 96.0 Å². The molecule has 2 rings (SSSR count). The number of carbonyl (C=O) groups excluding carboxylic acids is 2. The van der Waals surface area contributed by atoms with Gasteiger partial charge in [0.1, 0.15) is 0 Å². The lowest BCUT2D eigenvalue weighted by Crippen LogP contribution is -2.37. The second kappa shape index (κ2) is 11.6. The minimum absolute atomic E-state index is 0.109. The van der Waals surface area contributed by atoms with Gasteiger partial charge in [-0.2, -0.15) is 4.31 Å². The summed E-state index contributed by atoms with van der Waals surface area (Å²) in [6, 6.07) is 4.85. The van der Waals surface area contributed by atoms with Gasteiger partial charge < -0.3 is 10.1 Å². The van der Waals surface area contributed by atoms with Gasteiger partial charge in [-0.3, -0.25) is 14.5 Å². The molecule has 0 aliphatic carbocycles. The van der Waals surface area contributed by atoms with Crippen LogP contribution in [0, 0.1) is 12.8 Å². The van der Waals surface area contributed by atoms with Crippen molar-refractivity contribution in [1.29, 1.82) is 0 Å². The van der Waals surface area contributed by atoms with Crippen LogP contribution in [0.5, 0.6) is 0 Å². The van der Waals surface area contributed by atoms with Gasteiger partial charge in [-0.1, -0.05) is 26.3 Å². The van der Waals surface area contributed by atoms with Crippen molar-refractivity contribution < 1.29 is 22.7 Å². The van der Waals surface area contributed by atoms with Crippen molar-refractivity contribution >= 4 is 27.6 Å². The molecule has 1 heterocycles. The molecule has 0 spiro atoms. The second-order valence-corrected chi connectivity index (χ2v) is 10.4. The molecule has 0 radical (unpaired) electrons. The highest BCUT2D eigenvalue weighted by Gasteiger charge is 2.26. The maximum Gasteiger partial charge on any atom is 0.306 e. The Morgan fingerprint density at radius 1 is 1.19 bits per heavy atom. The SMILES string of the molecule is COC(=O)CCN(CC(=O)Nc1cc(S(=O)(=O)N2CCCCC2)ccc1C)CC(C)C. The zero-order chi connectivity index (χ0) is 23.0. The maximum absolute atomic E-state index is 13.0. The van der Waals surface area contributed by atoms with Crippen LogP contribution in [0.4, 0.5) is 5.69 Å². The van der Waals surface area contributed by atoms with Gasteiger partial charge in [0.05, 0.1) is 25.0 Å². The van der Waals surface area contributed by atoms with Crippen molar-refractivity contribution in [2.45, 2.75) is 51.3 Å². The summed E-state index contributed by atoms with van der Waals surface area (Å²) < 4.78 is 32.2. The van der Waals surface area contributed by atoms with Crippen molar-refractivity contribution in [3.8, 4) is 0 Å². The molecule has 1 amide bonds. The largest absolute Gasteiger partial charge is 0.469 e. The summed E-state index contributed by atoms with van der Waals surface area (Å²) in [6.45, 7) is 8.16. The number of nitrogens with one attached hydrogen (secondary N) is 1. The monoisotopic (exact) mass is 453 g/mol. The van der Waals surface area contributed by atoms with E-state index in [0.29, 0.717) is 37.8 Å². The summed E-state index contributed by atoms with van der Waals surface area (Å²) in [4.78, 5) is 26.3. The fraction of sp³-hybridized carbons (Fsp3) is 0.636. The van der Waals surface area contributed by atoms with Crippen LogP contribution in [-0.4, -0.2) is 69.3 Å². The number of ether oxygens (including phenoxy) is 1. The Hall–Kier alpha value is -1.97. The number of aryl methyl sites for hydroxylation is 1. The highest BCUT2D eigenvalue weighted by Crippen LogP contribution is 2.25. The minimum Gasteiger partial charge on any atom is -0.469 e. The average molecular weight is 454 g/mol. The number of carbonyl (C=O) groups is 2. The molecular formula is C22H35N3O5S. The first kappa shape index (κ1) is 25.3. The predicted octanol–water partition coefficient (Wildman–Crippen LogP) is 2.63. The van der Waals surface area contributed by atoms with E-state index in [0.717, 1.165) is 24.8 Å². The van der Waals surface area contributed by atoms with Crippen LogP contribution in [0.1, 0.15) is 45.1 Å². The molecule has 1 fully saturated rings. The minimum atomic E-state index is -3.58. The molecule has 0 aromatic heterocycles. The van der Waals surface area contributed by atoms with Crippen molar-refractivity contribution in [3.05, 3.63) is 23.8 Å². The van der Waals surface area contributed by atoms with Gasteiger partial charge in [-0.05, 0) is 43.4 Å². The number of piperidine rings is 1. The Bertz CT molecular complexity index is 864. The van der Waals surface area contributed by atoms with E-state index in [2.05, 4.69) is 10.1 Å². The summed E-state index contributed by atoms with van der Waals surface area (Å²) in [7, 11) is -2.23. The lowest BCUT2D eigenvalue weighted by Gasteiger charge is -2.26. The van der Waals surface area contributed by atoms with Gasteiger partial charge in [-0.25, -0.2) is 8.42 Å². The fourth-order valence-electron chi connectivity index (χ4n) is 3.65. The van der Waals surface area contributed by atoms with Crippen LogP contribution in [0.15, 0.2) is 23.1 Å². The Balaban J connectivity index is 2.10. The first-order valence-electron chi connectivity index (χ1n) is 10.8. The lowest BCUT2D eigenvalue weighted by atomic mass is 10.2. The zero-order valence-electron chi connectivity index (χ0n) is 19.0. The number of hydrogen-bond donors (Lipinski definition) is 1. The van der Waals surface area contributed by atoms with E-state index >= 15 is 0 Å². The molecule has 8 nitrogen and oxygen atoms in total. The Morgan fingerprint density at radius 3 is 2.48 bits per heavy atom. The van der Waals surface area contributed by atoms with Gasteiger partial charge in [0.15, 0.2) is 0 Å². The summed E-state index contributed by atoms with van der Waals surface area (Å²) >= 11 is 0. The molecule has 174 valence electrons. The first-order chi connectivity index (χ1) is 14.6. The molecular weight excluding hydrogens is 418 g/mol. The van der Waals surface area contributed by atoms with E-state index in [1.807, 2.05) is 25.7 Å². The van der Waals surface area contributed by atoms with Gasteiger partial charge >= 0.3 is 5.97 Å². The fourth-order valence-corrected chi connectivity index (χ4v) is 5.19. The van der Waals surface area contributed by atoms with E-state index in [1.54, 1.807) is 18.2 Å². The Morgan fingerprint density at radius 2 is 1.87 bits per heavy atom. The molecule has 0 unspecified atom stereocenters. The lowest BCUT2D eigenvalue weighted by molar-refractivity contribution is -0.141. The van der Waals surface area contributed by atoms with Gasteiger partial charge in [0, 0.05) is 31.9 Å². The number of amides is 1. The molecule has 0 atom stereocenters. The van der Waals surface area contributed by atoms with Crippen LogP contribution >= 0.6 is 0 Å². The van der Waals surface area contributed by atoms with Crippen LogP contribution in [0.2, 0.25) is 0 Å². The number of esters is 1. The Labute approximate surface area is 186 Å². The molecule has 1 aliphatic heterocycles. The number of methoxy groups -OCH3 is 1. The molecule has 0 bridgehead atoms. The second-order valence-electron chi connectivity index (χ2n) is 8.44. The maximum atomic E-state index is 13.0. The van der Waals surface area contributed by atoms with Gasteiger partial charge in [0.2, 0.25) is 15.9 Å². The molecule has 31 heavy (non-hydrogen) atoms. The summed E-state index contributed by atoms with van der Waals surface area (Å²) in [5.41, 5.74) is 1.27. The number of nitrogens with zero attached hydrogens (tertiary/aromatic N) is 2. The third-order valence-corrected chi connectivity index (χ3v) is 7.18. The van der Waals surface area contributed by atoms with E-state index in [-0.39, 0.29) is 29.7 Å². The Kier molecular flexibility index (Phi) is 9.46. The summed E-state index contributed by atoms with van der Waals surface area (Å²) in [6.07, 6.45) is 2.99. The third kappa shape index (κ3) is 7.59. The van der Waals surface area contributed by atoms with Gasteiger partial charge in [0.25, 0.3) is 0 Å². The van der Waals surface area contributed by atoms with E-state index < -0.39 is 10.0 Å². The van der Waals surface area contributed by atoms with Crippen LogP contribution in [0.3, 0.4) is 0 Å². The van der Waals surface area contributed by atoms with Crippen LogP contribution < -0.4 is 5.32 Å². The number of hydrogen-bond acceptors (Lipinski definition) is 6. The number of anilines is 1. The average Bonchev–Trinajstić information content (AvgIpc) is 2.73. The highest BCUT2D eigenvalue weighted by molar-refractivity contribution is 7.89. The predicted molar refractivity (Wildman–Crippen MR) is 120 cm³/mol. The number of rotatable bonds is 10. The highest BCUT2D eigenvalue weighted by atomic mass is 32.2. The summed E-state index contributed by atoms with van der Waals surface area (Å²) in [5.74, 6) is -0.244. The molecule has 0 saturated carbocycles. The standard InChI is InChI=1S/C22H35N3O5S/c1-17(2)15-24(13-10-22(27)30-4)16-21(26)23-20-14-19(9-8-18(20)3)31(28,29)25-11-6-5-7-12-25/h8-9,14,17H,5-7,10-13,15-16H2,1-4H3,(H,23,26). The van der Waals surface area contributed by atoms with Crippen molar-refractivity contribution in [1.82, 2.24) is 9.21 Å². The first-order valence-corrected chi connectivity index (χ1v) is 12.3. The number of benzene rings is 1. The normalized spacial score (nSPS) is 15.3. The molecule has 1 N–H and O–H groups in total. The summed E-state index contributed by atoms with van der Waals surface area (Å²) in [5, 5.41) is 2.85. The van der Waals surface area contributed by atoms with E-state index in [9.17, 15) is 18.0 Å². The molecule has 1 aliphatic rings. The van der Waals surface area contributed by atoms with Crippen molar-refractivity contribution in [2.75, 3.05) is 45.2 Å². The van der Waals surface area contributed by atoms with Crippen LogP contribution in [0.25, 0.3) is 0 Å².